The maximum atomic E-state index is 13.5. The lowest BCUT2D eigenvalue weighted by Crippen LogP contribution is -2.08. The van der Waals surface area contributed by atoms with E-state index in [9.17, 15) is 4.39 Å². The van der Waals surface area contributed by atoms with E-state index >= 15 is 0 Å². The summed E-state index contributed by atoms with van der Waals surface area (Å²) >= 11 is 12.0. The van der Waals surface area contributed by atoms with Crippen molar-refractivity contribution in [2.75, 3.05) is 5.73 Å². The second-order valence-corrected chi connectivity index (χ2v) is 5.04. The van der Waals surface area contributed by atoms with Crippen molar-refractivity contribution in [3.05, 3.63) is 45.3 Å². The fraction of sp³-hybridized carbons (Fsp3) is 0.231. The summed E-state index contributed by atoms with van der Waals surface area (Å²) in [5.41, 5.74) is 6.70. The Labute approximate surface area is 125 Å². The minimum absolute atomic E-state index is 0.0673. The molecule has 0 fully saturated rings. The maximum absolute atomic E-state index is 13.5. The summed E-state index contributed by atoms with van der Waals surface area (Å²) in [6.07, 6.45) is -0.586. The molecular weight excluding hydrogens is 304 g/mol. The van der Waals surface area contributed by atoms with Crippen LogP contribution in [0, 0.1) is 12.7 Å². The first-order valence-electron chi connectivity index (χ1n) is 5.80. The first-order valence-corrected chi connectivity index (χ1v) is 6.55. The van der Waals surface area contributed by atoms with Crippen molar-refractivity contribution in [1.29, 1.82) is 0 Å². The van der Waals surface area contributed by atoms with Gasteiger partial charge >= 0.3 is 0 Å². The van der Waals surface area contributed by atoms with Gasteiger partial charge in [-0.25, -0.2) is 4.39 Å². The predicted octanol–water partition coefficient (Wildman–Crippen LogP) is 3.95. The fourth-order valence-corrected chi connectivity index (χ4v) is 2.41. The van der Waals surface area contributed by atoms with Crippen LogP contribution in [0.2, 0.25) is 10.0 Å². The van der Waals surface area contributed by atoms with E-state index in [1.807, 2.05) is 0 Å². The highest BCUT2D eigenvalue weighted by Gasteiger charge is 2.19. The summed E-state index contributed by atoms with van der Waals surface area (Å²) in [5, 5.41) is 7.81. The SMILES string of the molecule is Cc1cc(OC(C)c2c(Cl)ccc(F)c2Cl)c(N)nn1. The smallest absolute Gasteiger partial charge is 0.188 e. The highest BCUT2D eigenvalue weighted by molar-refractivity contribution is 6.36. The molecular formula is C13H12Cl2FN3O. The van der Waals surface area contributed by atoms with Crippen LogP contribution in [0.25, 0.3) is 0 Å². The molecule has 0 saturated heterocycles. The van der Waals surface area contributed by atoms with Crippen LogP contribution in [0.5, 0.6) is 5.75 Å². The molecule has 0 aliphatic carbocycles. The number of nitrogen functional groups attached to an aromatic ring is 1. The van der Waals surface area contributed by atoms with Gasteiger partial charge in [0.05, 0.1) is 10.7 Å². The summed E-state index contributed by atoms with van der Waals surface area (Å²) in [6, 6.07) is 4.27. The van der Waals surface area contributed by atoms with Crippen LogP contribution in [0.4, 0.5) is 10.2 Å². The molecule has 2 aromatic rings. The van der Waals surface area contributed by atoms with Gasteiger partial charge in [-0.05, 0) is 26.0 Å². The van der Waals surface area contributed by atoms with E-state index < -0.39 is 11.9 Å². The summed E-state index contributed by atoms with van der Waals surface area (Å²) in [7, 11) is 0. The minimum Gasteiger partial charge on any atom is -0.482 e. The summed E-state index contributed by atoms with van der Waals surface area (Å²) in [4.78, 5) is 0. The lowest BCUT2D eigenvalue weighted by Gasteiger charge is -2.18. The number of nitrogens with zero attached hydrogens (tertiary/aromatic N) is 2. The average molecular weight is 316 g/mol. The van der Waals surface area contributed by atoms with Gasteiger partial charge < -0.3 is 10.5 Å². The second-order valence-electron chi connectivity index (χ2n) is 4.25. The number of benzene rings is 1. The largest absolute Gasteiger partial charge is 0.482 e. The molecule has 1 atom stereocenters. The van der Waals surface area contributed by atoms with Gasteiger partial charge in [0.15, 0.2) is 11.6 Å². The molecule has 2 rings (SSSR count). The highest BCUT2D eigenvalue weighted by atomic mass is 35.5. The van der Waals surface area contributed by atoms with Gasteiger partial charge in [0, 0.05) is 16.7 Å². The third-order valence-electron chi connectivity index (χ3n) is 2.70. The van der Waals surface area contributed by atoms with Crippen molar-refractivity contribution in [1.82, 2.24) is 10.2 Å². The Morgan fingerprint density at radius 2 is 2.00 bits per heavy atom. The number of hydrogen-bond acceptors (Lipinski definition) is 4. The molecule has 0 aliphatic heterocycles. The molecule has 1 aromatic heterocycles. The third kappa shape index (κ3) is 2.94. The lowest BCUT2D eigenvalue weighted by atomic mass is 10.1. The molecule has 0 saturated carbocycles. The normalized spacial score (nSPS) is 12.2. The van der Waals surface area contributed by atoms with Crippen LogP contribution < -0.4 is 10.5 Å². The number of rotatable bonds is 3. The van der Waals surface area contributed by atoms with E-state index in [1.165, 1.54) is 12.1 Å². The number of aryl methyl sites for hydroxylation is 1. The molecule has 0 bridgehead atoms. The van der Waals surface area contributed by atoms with Crippen molar-refractivity contribution in [2.24, 2.45) is 0 Å². The monoisotopic (exact) mass is 315 g/mol. The highest BCUT2D eigenvalue weighted by Crippen LogP contribution is 2.35. The Bertz CT molecular complexity index is 652. The molecule has 0 aliphatic rings. The van der Waals surface area contributed by atoms with Crippen LogP contribution in [0.15, 0.2) is 18.2 Å². The molecule has 106 valence electrons. The molecule has 7 heteroatoms. The van der Waals surface area contributed by atoms with Gasteiger partial charge in [0.2, 0.25) is 0 Å². The molecule has 0 radical (unpaired) electrons. The Morgan fingerprint density at radius 1 is 1.30 bits per heavy atom. The first kappa shape index (κ1) is 14.8. The van der Waals surface area contributed by atoms with Crippen LogP contribution >= 0.6 is 23.2 Å². The Morgan fingerprint density at radius 3 is 2.70 bits per heavy atom. The fourth-order valence-electron chi connectivity index (χ4n) is 1.73. The van der Waals surface area contributed by atoms with Crippen LogP contribution in [-0.2, 0) is 0 Å². The summed E-state index contributed by atoms with van der Waals surface area (Å²) in [5.74, 6) is -0.0639. The average Bonchev–Trinajstić information content (AvgIpc) is 2.39. The lowest BCUT2D eigenvalue weighted by molar-refractivity contribution is 0.226. The number of halogens is 3. The number of nitrogens with two attached hydrogens (primary N) is 1. The van der Waals surface area contributed by atoms with Gasteiger partial charge in [-0.2, -0.15) is 5.10 Å². The maximum Gasteiger partial charge on any atom is 0.188 e. The van der Waals surface area contributed by atoms with Crippen LogP contribution in [-0.4, -0.2) is 10.2 Å². The molecule has 20 heavy (non-hydrogen) atoms. The van der Waals surface area contributed by atoms with E-state index in [2.05, 4.69) is 10.2 Å². The number of hydrogen-bond donors (Lipinski definition) is 1. The molecule has 1 heterocycles. The Balaban J connectivity index is 2.35. The second kappa shape index (κ2) is 5.81. The number of aromatic nitrogens is 2. The van der Waals surface area contributed by atoms with Gasteiger partial charge in [0.25, 0.3) is 0 Å². The zero-order valence-corrected chi connectivity index (χ0v) is 12.3. The third-order valence-corrected chi connectivity index (χ3v) is 3.41. The van der Waals surface area contributed by atoms with E-state index in [1.54, 1.807) is 19.9 Å². The van der Waals surface area contributed by atoms with E-state index in [0.29, 0.717) is 22.0 Å². The zero-order chi connectivity index (χ0) is 14.9. The van der Waals surface area contributed by atoms with Crippen molar-refractivity contribution in [2.45, 2.75) is 20.0 Å². The van der Waals surface area contributed by atoms with Gasteiger partial charge in [-0.3, -0.25) is 0 Å². The standard InChI is InChI=1S/C13H12Cl2FN3O/c1-6-5-10(13(17)19-18-6)20-7(2)11-8(14)3-4-9(16)12(11)15/h3-5,7H,1-2H3,(H2,17,19). The molecule has 0 spiro atoms. The molecule has 2 N–H and O–H groups in total. The van der Waals surface area contributed by atoms with Crippen molar-refractivity contribution in [3.8, 4) is 5.75 Å². The van der Waals surface area contributed by atoms with Gasteiger partial charge in [-0.15, -0.1) is 5.10 Å². The topological polar surface area (TPSA) is 61.0 Å². The van der Waals surface area contributed by atoms with Crippen LogP contribution in [0.3, 0.4) is 0 Å². The van der Waals surface area contributed by atoms with Crippen LogP contribution in [0.1, 0.15) is 24.3 Å². The number of anilines is 1. The van der Waals surface area contributed by atoms with Gasteiger partial charge in [0.1, 0.15) is 11.9 Å². The quantitative estimate of drug-likeness (QED) is 0.871. The molecule has 4 nitrogen and oxygen atoms in total. The predicted molar refractivity (Wildman–Crippen MR) is 76.6 cm³/mol. The summed E-state index contributed by atoms with van der Waals surface area (Å²) in [6.45, 7) is 3.45. The van der Waals surface area contributed by atoms with Crippen molar-refractivity contribution in [3.63, 3.8) is 0 Å². The van der Waals surface area contributed by atoms with Gasteiger partial charge in [-0.1, -0.05) is 23.2 Å². The zero-order valence-electron chi connectivity index (χ0n) is 10.8. The minimum atomic E-state index is -0.586. The molecule has 0 amide bonds. The number of ether oxygens (including phenoxy) is 1. The summed E-state index contributed by atoms with van der Waals surface area (Å²) < 4.78 is 19.2. The van der Waals surface area contributed by atoms with E-state index in [0.717, 1.165) is 0 Å². The van der Waals surface area contributed by atoms with Crippen molar-refractivity contribution < 1.29 is 9.13 Å². The van der Waals surface area contributed by atoms with Crippen molar-refractivity contribution >= 4 is 29.0 Å². The Hall–Kier alpha value is -1.59. The molecule has 1 aromatic carbocycles. The van der Waals surface area contributed by atoms with E-state index in [4.69, 9.17) is 33.7 Å². The Kier molecular flexibility index (Phi) is 4.30. The first-order chi connectivity index (χ1) is 9.40. The molecule has 1 unspecified atom stereocenters. The van der Waals surface area contributed by atoms with E-state index in [-0.39, 0.29) is 10.8 Å².